The number of halogens is 1. The predicted octanol–water partition coefficient (Wildman–Crippen LogP) is 3.27. The lowest BCUT2D eigenvalue weighted by Gasteiger charge is -2.10. The van der Waals surface area contributed by atoms with Crippen molar-refractivity contribution in [3.63, 3.8) is 0 Å². The van der Waals surface area contributed by atoms with Gasteiger partial charge in [-0.15, -0.1) is 0 Å². The van der Waals surface area contributed by atoms with Gasteiger partial charge >= 0.3 is 0 Å². The monoisotopic (exact) mass is 259 g/mol. The summed E-state index contributed by atoms with van der Waals surface area (Å²) in [6, 6.07) is 14.0. The van der Waals surface area contributed by atoms with Gasteiger partial charge < -0.3 is 10.5 Å². The minimum atomic E-state index is 0.105. The van der Waals surface area contributed by atoms with Gasteiger partial charge in [-0.3, -0.25) is 0 Å². The molecule has 0 saturated heterocycles. The number of fused-ring (bicyclic) bond motifs is 1. The van der Waals surface area contributed by atoms with E-state index >= 15 is 0 Å². The molecule has 0 bridgehead atoms. The fourth-order valence-electron chi connectivity index (χ4n) is 2.33. The van der Waals surface area contributed by atoms with Gasteiger partial charge in [-0.1, -0.05) is 41.9 Å². The zero-order valence-electron chi connectivity index (χ0n) is 9.90. The summed E-state index contributed by atoms with van der Waals surface area (Å²) in [6.45, 7) is 0.550. The van der Waals surface area contributed by atoms with Gasteiger partial charge in [0.1, 0.15) is 11.9 Å². The van der Waals surface area contributed by atoms with Crippen LogP contribution in [-0.2, 0) is 6.42 Å². The van der Waals surface area contributed by atoms with E-state index < -0.39 is 0 Å². The molecule has 0 radical (unpaired) electrons. The van der Waals surface area contributed by atoms with Gasteiger partial charge in [-0.25, -0.2) is 0 Å². The first kappa shape index (κ1) is 11.6. The summed E-state index contributed by atoms with van der Waals surface area (Å²) in [5.74, 6) is 0.968. The van der Waals surface area contributed by atoms with E-state index in [1.54, 1.807) is 0 Å². The number of benzene rings is 2. The number of rotatable bonds is 2. The van der Waals surface area contributed by atoms with Crippen LogP contribution in [0, 0.1) is 0 Å². The van der Waals surface area contributed by atoms with Gasteiger partial charge in [0.05, 0.1) is 0 Å². The molecule has 18 heavy (non-hydrogen) atoms. The minimum absolute atomic E-state index is 0.105. The van der Waals surface area contributed by atoms with Crippen molar-refractivity contribution in [1.82, 2.24) is 0 Å². The lowest BCUT2D eigenvalue weighted by atomic mass is 10.0. The molecule has 0 amide bonds. The fourth-order valence-corrected chi connectivity index (χ4v) is 2.45. The van der Waals surface area contributed by atoms with Crippen molar-refractivity contribution >= 4 is 11.6 Å². The van der Waals surface area contributed by atoms with Gasteiger partial charge in [-0.05, 0) is 23.3 Å². The molecule has 0 aliphatic carbocycles. The minimum Gasteiger partial charge on any atom is -0.488 e. The van der Waals surface area contributed by atoms with Crippen molar-refractivity contribution in [2.45, 2.75) is 12.5 Å². The first-order chi connectivity index (χ1) is 8.78. The molecule has 0 aromatic heterocycles. The van der Waals surface area contributed by atoms with Crippen LogP contribution in [0.1, 0.15) is 5.56 Å². The van der Waals surface area contributed by atoms with Crippen molar-refractivity contribution in [2.75, 3.05) is 6.54 Å². The standard InChI is InChI=1S/C15H14ClNO/c16-12-6-4-10(5-7-12)14-3-1-2-11-8-13(9-17)18-15(11)14/h1-7,13H,8-9,17H2/t13-/m0/s1. The molecule has 0 unspecified atom stereocenters. The van der Waals surface area contributed by atoms with E-state index in [2.05, 4.69) is 18.2 Å². The molecule has 1 heterocycles. The van der Waals surface area contributed by atoms with E-state index in [0.29, 0.717) is 6.54 Å². The second-order valence-electron chi connectivity index (χ2n) is 4.48. The summed E-state index contributed by atoms with van der Waals surface area (Å²) in [5, 5.41) is 0.743. The molecule has 3 heteroatoms. The van der Waals surface area contributed by atoms with Crippen LogP contribution >= 0.6 is 11.6 Å². The maximum absolute atomic E-state index is 5.91. The van der Waals surface area contributed by atoms with Crippen molar-refractivity contribution in [2.24, 2.45) is 5.73 Å². The molecular weight excluding hydrogens is 246 g/mol. The predicted molar refractivity (Wildman–Crippen MR) is 74.1 cm³/mol. The molecule has 3 rings (SSSR count). The van der Waals surface area contributed by atoms with Crippen LogP contribution in [0.25, 0.3) is 11.1 Å². The van der Waals surface area contributed by atoms with E-state index in [4.69, 9.17) is 22.1 Å². The maximum atomic E-state index is 5.91. The number of nitrogens with two attached hydrogens (primary N) is 1. The molecule has 1 aliphatic rings. The molecule has 2 aromatic carbocycles. The van der Waals surface area contributed by atoms with E-state index in [9.17, 15) is 0 Å². The molecule has 2 nitrogen and oxygen atoms in total. The van der Waals surface area contributed by atoms with Crippen LogP contribution in [0.2, 0.25) is 5.02 Å². The highest BCUT2D eigenvalue weighted by molar-refractivity contribution is 6.30. The second-order valence-corrected chi connectivity index (χ2v) is 4.92. The Balaban J connectivity index is 2.05. The Morgan fingerprint density at radius 2 is 1.94 bits per heavy atom. The SMILES string of the molecule is NC[C@@H]1Cc2cccc(-c3ccc(Cl)cc3)c2O1. The average Bonchev–Trinajstić information content (AvgIpc) is 2.82. The summed E-state index contributed by atoms with van der Waals surface area (Å²) in [6.07, 6.45) is 1.00. The van der Waals surface area contributed by atoms with Gasteiger partial charge in [-0.2, -0.15) is 0 Å². The van der Waals surface area contributed by atoms with Crippen molar-refractivity contribution in [3.8, 4) is 16.9 Å². The largest absolute Gasteiger partial charge is 0.488 e. The molecule has 1 aliphatic heterocycles. The summed E-state index contributed by atoms with van der Waals surface area (Å²) in [7, 11) is 0. The first-order valence-corrected chi connectivity index (χ1v) is 6.40. The second kappa shape index (κ2) is 4.63. The van der Waals surface area contributed by atoms with E-state index in [-0.39, 0.29) is 6.10 Å². The molecule has 2 aromatic rings. The molecule has 1 atom stereocenters. The molecule has 0 fully saturated rings. The quantitative estimate of drug-likeness (QED) is 0.898. The van der Waals surface area contributed by atoms with E-state index in [1.807, 2.05) is 24.3 Å². The number of hydrogen-bond acceptors (Lipinski definition) is 2. The fraction of sp³-hybridized carbons (Fsp3) is 0.200. The Morgan fingerprint density at radius 1 is 1.17 bits per heavy atom. The lowest BCUT2D eigenvalue weighted by Crippen LogP contribution is -2.24. The first-order valence-electron chi connectivity index (χ1n) is 6.02. The summed E-state index contributed by atoms with van der Waals surface area (Å²) in [4.78, 5) is 0. The topological polar surface area (TPSA) is 35.2 Å². The van der Waals surface area contributed by atoms with Crippen LogP contribution in [0.5, 0.6) is 5.75 Å². The smallest absolute Gasteiger partial charge is 0.130 e. The Bertz CT molecular complexity index is 565. The molecule has 92 valence electrons. The Kier molecular flexibility index (Phi) is 2.98. The van der Waals surface area contributed by atoms with E-state index in [0.717, 1.165) is 28.3 Å². The van der Waals surface area contributed by atoms with E-state index in [1.165, 1.54) is 5.56 Å². The summed E-state index contributed by atoms with van der Waals surface area (Å²) < 4.78 is 5.91. The Labute approximate surface area is 111 Å². The van der Waals surface area contributed by atoms with Gasteiger partial charge in [0.15, 0.2) is 0 Å². The zero-order valence-corrected chi connectivity index (χ0v) is 10.7. The number of hydrogen-bond donors (Lipinski definition) is 1. The van der Waals surface area contributed by atoms with Crippen LogP contribution in [0.15, 0.2) is 42.5 Å². The zero-order chi connectivity index (χ0) is 12.5. The van der Waals surface area contributed by atoms with Crippen molar-refractivity contribution in [1.29, 1.82) is 0 Å². The Hall–Kier alpha value is -1.51. The highest BCUT2D eigenvalue weighted by Crippen LogP contribution is 2.38. The maximum Gasteiger partial charge on any atom is 0.130 e. The van der Waals surface area contributed by atoms with Crippen LogP contribution in [0.3, 0.4) is 0 Å². The van der Waals surface area contributed by atoms with Gasteiger partial charge in [0, 0.05) is 23.6 Å². The molecule has 2 N–H and O–H groups in total. The van der Waals surface area contributed by atoms with Crippen LogP contribution < -0.4 is 10.5 Å². The third-order valence-corrected chi connectivity index (χ3v) is 3.50. The van der Waals surface area contributed by atoms with Crippen LogP contribution in [-0.4, -0.2) is 12.6 Å². The number of ether oxygens (including phenoxy) is 1. The van der Waals surface area contributed by atoms with Crippen LogP contribution in [0.4, 0.5) is 0 Å². The highest BCUT2D eigenvalue weighted by atomic mass is 35.5. The van der Waals surface area contributed by atoms with Crippen molar-refractivity contribution < 1.29 is 4.74 Å². The number of para-hydroxylation sites is 1. The molecule has 0 spiro atoms. The Morgan fingerprint density at radius 3 is 2.67 bits per heavy atom. The highest BCUT2D eigenvalue weighted by Gasteiger charge is 2.24. The normalized spacial score (nSPS) is 17.3. The summed E-state index contributed by atoms with van der Waals surface area (Å²) in [5.41, 5.74) is 9.14. The van der Waals surface area contributed by atoms with Crippen molar-refractivity contribution in [3.05, 3.63) is 53.1 Å². The van der Waals surface area contributed by atoms with Gasteiger partial charge in [0.25, 0.3) is 0 Å². The third kappa shape index (κ3) is 1.98. The average molecular weight is 260 g/mol. The molecule has 0 saturated carbocycles. The third-order valence-electron chi connectivity index (χ3n) is 3.25. The summed E-state index contributed by atoms with van der Waals surface area (Å²) >= 11 is 5.91. The van der Waals surface area contributed by atoms with Gasteiger partial charge in [0.2, 0.25) is 0 Å². The molecular formula is C15H14ClNO. The lowest BCUT2D eigenvalue weighted by molar-refractivity contribution is 0.242.